The zero-order valence-corrected chi connectivity index (χ0v) is 11.8. The average Bonchev–Trinajstić information content (AvgIpc) is 2.45. The molecule has 2 aromatic rings. The van der Waals surface area contributed by atoms with Crippen LogP contribution in [0.1, 0.15) is 18.9 Å². The molecule has 0 aliphatic rings. The lowest BCUT2D eigenvalue weighted by atomic mass is 10.3. The molecular formula is C14H15ClFN3O. The first kappa shape index (κ1) is 14.7. The van der Waals surface area contributed by atoms with Crippen LogP contribution in [0.3, 0.4) is 0 Å². The van der Waals surface area contributed by atoms with E-state index in [0.29, 0.717) is 5.75 Å². The molecule has 0 saturated carbocycles. The average molecular weight is 296 g/mol. The summed E-state index contributed by atoms with van der Waals surface area (Å²) < 4.78 is 18.4. The maximum Gasteiger partial charge on any atom is 0.321 e. The fourth-order valence-corrected chi connectivity index (χ4v) is 1.71. The van der Waals surface area contributed by atoms with Gasteiger partial charge in [-0.25, -0.2) is 14.4 Å². The molecule has 0 saturated heterocycles. The summed E-state index contributed by atoms with van der Waals surface area (Å²) in [4.78, 5) is 8.19. The van der Waals surface area contributed by atoms with Gasteiger partial charge >= 0.3 is 6.01 Å². The van der Waals surface area contributed by atoms with Crippen molar-refractivity contribution >= 4 is 11.6 Å². The number of nitrogens with one attached hydrogen (secondary N) is 1. The number of hydrogen-bond donors (Lipinski definition) is 1. The summed E-state index contributed by atoms with van der Waals surface area (Å²) >= 11 is 5.67. The van der Waals surface area contributed by atoms with Crippen LogP contribution in [0.2, 0.25) is 5.02 Å². The van der Waals surface area contributed by atoms with Gasteiger partial charge in [-0.15, -0.1) is 0 Å². The molecule has 0 bridgehead atoms. The van der Waals surface area contributed by atoms with E-state index in [2.05, 4.69) is 22.2 Å². The van der Waals surface area contributed by atoms with Gasteiger partial charge in [-0.05, 0) is 25.1 Å². The van der Waals surface area contributed by atoms with Crippen molar-refractivity contribution in [2.75, 3.05) is 6.54 Å². The highest BCUT2D eigenvalue weighted by Gasteiger charge is 2.04. The fourth-order valence-electron chi connectivity index (χ4n) is 1.54. The number of halogens is 2. The topological polar surface area (TPSA) is 47.0 Å². The molecule has 0 spiro atoms. The Morgan fingerprint density at radius 2 is 2.05 bits per heavy atom. The summed E-state index contributed by atoms with van der Waals surface area (Å²) in [6.07, 6.45) is 4.46. The Kier molecular flexibility index (Phi) is 5.26. The Hall–Kier alpha value is -1.72. The fraction of sp³-hybridized carbons (Fsp3) is 0.286. The largest absolute Gasteiger partial charge is 0.424 e. The summed E-state index contributed by atoms with van der Waals surface area (Å²) in [6.45, 7) is 3.77. The van der Waals surface area contributed by atoms with Crippen molar-refractivity contribution < 1.29 is 9.13 Å². The van der Waals surface area contributed by atoms with Crippen molar-refractivity contribution in [2.45, 2.75) is 19.9 Å². The lowest BCUT2D eigenvalue weighted by molar-refractivity contribution is 0.439. The van der Waals surface area contributed by atoms with Crippen LogP contribution in [0.25, 0.3) is 0 Å². The van der Waals surface area contributed by atoms with Crippen molar-refractivity contribution in [1.82, 2.24) is 15.3 Å². The second-order valence-corrected chi connectivity index (χ2v) is 4.64. The monoisotopic (exact) mass is 295 g/mol. The predicted octanol–water partition coefficient (Wildman–Crippen LogP) is 3.56. The van der Waals surface area contributed by atoms with Gasteiger partial charge in [0.1, 0.15) is 11.6 Å². The van der Waals surface area contributed by atoms with Crippen molar-refractivity contribution in [2.24, 2.45) is 0 Å². The van der Waals surface area contributed by atoms with E-state index in [9.17, 15) is 4.39 Å². The normalized spacial score (nSPS) is 10.6. The highest BCUT2D eigenvalue weighted by molar-refractivity contribution is 6.30. The van der Waals surface area contributed by atoms with Crippen molar-refractivity contribution in [3.8, 4) is 11.8 Å². The van der Waals surface area contributed by atoms with E-state index < -0.39 is 5.82 Å². The van der Waals surface area contributed by atoms with E-state index >= 15 is 0 Å². The molecule has 0 atom stereocenters. The molecule has 4 nitrogen and oxygen atoms in total. The van der Waals surface area contributed by atoms with E-state index in [0.717, 1.165) is 25.1 Å². The minimum absolute atomic E-state index is 0.00267. The van der Waals surface area contributed by atoms with E-state index in [1.165, 1.54) is 18.2 Å². The van der Waals surface area contributed by atoms with Crippen LogP contribution in [0.15, 0.2) is 30.6 Å². The molecule has 0 amide bonds. The number of benzene rings is 1. The van der Waals surface area contributed by atoms with Gasteiger partial charge in [0.05, 0.1) is 5.02 Å². The van der Waals surface area contributed by atoms with Crippen LogP contribution >= 0.6 is 11.6 Å². The lowest BCUT2D eigenvalue weighted by Gasteiger charge is -2.06. The summed E-state index contributed by atoms with van der Waals surface area (Å²) in [5, 5.41) is 3.26. The van der Waals surface area contributed by atoms with Crippen LogP contribution in [0.5, 0.6) is 11.8 Å². The number of nitrogens with zero attached hydrogens (tertiary/aromatic N) is 2. The quantitative estimate of drug-likeness (QED) is 0.828. The van der Waals surface area contributed by atoms with Crippen LogP contribution in [0.4, 0.5) is 4.39 Å². The summed E-state index contributed by atoms with van der Waals surface area (Å²) in [7, 11) is 0. The van der Waals surface area contributed by atoms with Gasteiger partial charge < -0.3 is 10.1 Å². The molecule has 0 unspecified atom stereocenters. The first-order chi connectivity index (χ1) is 9.69. The molecule has 2 rings (SSSR count). The van der Waals surface area contributed by atoms with E-state index in [1.807, 2.05) is 0 Å². The van der Waals surface area contributed by atoms with Crippen molar-refractivity contribution in [3.05, 3.63) is 47.0 Å². The highest BCUT2D eigenvalue weighted by Crippen LogP contribution is 2.23. The SMILES string of the molecule is CCCNCc1cnc(Oc2ccc(F)c(Cl)c2)nc1. The van der Waals surface area contributed by atoms with Gasteiger partial charge in [0.15, 0.2) is 0 Å². The Labute approximate surface area is 122 Å². The molecule has 106 valence electrons. The minimum atomic E-state index is -0.489. The van der Waals surface area contributed by atoms with E-state index in [1.54, 1.807) is 12.4 Å². The van der Waals surface area contributed by atoms with Crippen molar-refractivity contribution in [3.63, 3.8) is 0 Å². The highest BCUT2D eigenvalue weighted by atomic mass is 35.5. The van der Waals surface area contributed by atoms with Gasteiger partial charge in [0.25, 0.3) is 0 Å². The number of aromatic nitrogens is 2. The molecule has 1 N–H and O–H groups in total. The van der Waals surface area contributed by atoms with Gasteiger partial charge in [-0.3, -0.25) is 0 Å². The first-order valence-corrected chi connectivity index (χ1v) is 6.71. The van der Waals surface area contributed by atoms with Gasteiger partial charge in [0, 0.05) is 30.6 Å². The van der Waals surface area contributed by atoms with Crippen LogP contribution in [0, 0.1) is 5.82 Å². The third-order valence-electron chi connectivity index (χ3n) is 2.54. The molecule has 0 fully saturated rings. The van der Waals surface area contributed by atoms with Crippen LogP contribution < -0.4 is 10.1 Å². The third kappa shape index (κ3) is 4.15. The number of rotatable bonds is 6. The van der Waals surface area contributed by atoms with Crippen molar-refractivity contribution in [1.29, 1.82) is 0 Å². The van der Waals surface area contributed by atoms with E-state index in [4.69, 9.17) is 16.3 Å². The molecule has 0 aliphatic carbocycles. The first-order valence-electron chi connectivity index (χ1n) is 6.33. The summed E-state index contributed by atoms with van der Waals surface area (Å²) in [6, 6.07) is 4.30. The standard InChI is InChI=1S/C14H15ClFN3O/c1-2-5-17-7-10-8-18-14(19-9-10)20-11-3-4-13(16)12(15)6-11/h3-4,6,8-9,17H,2,5,7H2,1H3. The van der Waals surface area contributed by atoms with Gasteiger partial charge in [-0.1, -0.05) is 18.5 Å². The van der Waals surface area contributed by atoms with Gasteiger partial charge in [-0.2, -0.15) is 0 Å². The molecule has 6 heteroatoms. The maximum absolute atomic E-state index is 13.0. The molecule has 20 heavy (non-hydrogen) atoms. The second-order valence-electron chi connectivity index (χ2n) is 4.23. The summed E-state index contributed by atoms with van der Waals surface area (Å²) in [5.41, 5.74) is 0.975. The smallest absolute Gasteiger partial charge is 0.321 e. The molecule has 0 radical (unpaired) electrons. The molecule has 1 heterocycles. The Morgan fingerprint density at radius 3 is 2.70 bits per heavy atom. The zero-order chi connectivity index (χ0) is 14.4. The Balaban J connectivity index is 1.97. The minimum Gasteiger partial charge on any atom is -0.424 e. The van der Waals surface area contributed by atoms with Crippen LogP contribution in [-0.4, -0.2) is 16.5 Å². The number of ether oxygens (including phenoxy) is 1. The lowest BCUT2D eigenvalue weighted by Crippen LogP contribution is -2.14. The van der Waals surface area contributed by atoms with E-state index in [-0.39, 0.29) is 11.0 Å². The maximum atomic E-state index is 13.0. The van der Waals surface area contributed by atoms with Gasteiger partial charge in [0.2, 0.25) is 0 Å². The Morgan fingerprint density at radius 1 is 1.30 bits per heavy atom. The second kappa shape index (κ2) is 7.17. The molecule has 1 aromatic carbocycles. The predicted molar refractivity (Wildman–Crippen MR) is 75.5 cm³/mol. The third-order valence-corrected chi connectivity index (χ3v) is 2.83. The number of hydrogen-bond acceptors (Lipinski definition) is 4. The molecular weight excluding hydrogens is 281 g/mol. The molecule has 0 aliphatic heterocycles. The molecule has 1 aromatic heterocycles. The summed E-state index contributed by atoms with van der Waals surface area (Å²) in [5.74, 6) is -0.0921. The van der Waals surface area contributed by atoms with Crippen LogP contribution in [-0.2, 0) is 6.54 Å². The zero-order valence-electron chi connectivity index (χ0n) is 11.1. The Bertz CT molecular complexity index is 563.